The lowest BCUT2D eigenvalue weighted by atomic mass is 9.81. The molecule has 1 unspecified atom stereocenters. The lowest BCUT2D eigenvalue weighted by Crippen LogP contribution is -2.30. The molecule has 0 aliphatic heterocycles. The third kappa shape index (κ3) is 12.6. The quantitative estimate of drug-likeness (QED) is 0.203. The summed E-state index contributed by atoms with van der Waals surface area (Å²) in [4.78, 5) is 0.0620. The van der Waals surface area contributed by atoms with Gasteiger partial charge in [-0.15, -0.1) is 11.6 Å². The summed E-state index contributed by atoms with van der Waals surface area (Å²) in [6, 6.07) is 0. The van der Waals surface area contributed by atoms with Crippen LogP contribution in [-0.2, 0) is 0 Å². The van der Waals surface area contributed by atoms with Gasteiger partial charge in [-0.05, 0) is 25.2 Å². The van der Waals surface area contributed by atoms with Gasteiger partial charge in [-0.25, -0.2) is 0 Å². The molecule has 0 heterocycles. The van der Waals surface area contributed by atoms with E-state index in [0.29, 0.717) is 5.92 Å². The van der Waals surface area contributed by atoms with E-state index in [2.05, 4.69) is 27.7 Å². The number of unbranched alkanes of at least 4 members (excludes halogenated alkanes) is 11. The van der Waals surface area contributed by atoms with E-state index in [0.717, 1.165) is 12.8 Å². The Morgan fingerprint density at radius 2 is 1.00 bits per heavy atom. The fourth-order valence-electron chi connectivity index (χ4n) is 3.89. The molecule has 1 atom stereocenters. The molecule has 0 radical (unpaired) electrons. The fraction of sp³-hybridized carbons (Fsp3) is 1.00. The van der Waals surface area contributed by atoms with Gasteiger partial charge in [-0.3, -0.25) is 0 Å². The summed E-state index contributed by atoms with van der Waals surface area (Å²) in [6.45, 7) is 9.11. The van der Waals surface area contributed by atoms with Crippen molar-refractivity contribution >= 4 is 11.6 Å². The van der Waals surface area contributed by atoms with E-state index in [4.69, 9.17) is 11.6 Å². The molecule has 0 saturated carbocycles. The first kappa shape index (κ1) is 26.5. The molecule has 0 bridgehead atoms. The maximum Gasteiger partial charge on any atom is 0.0469 e. The van der Waals surface area contributed by atoms with Gasteiger partial charge in [-0.2, -0.15) is 0 Å². The van der Waals surface area contributed by atoms with Crippen molar-refractivity contribution in [2.24, 2.45) is 5.92 Å². The number of halogens is 1. The molecule has 0 aliphatic carbocycles. The largest absolute Gasteiger partial charge is 0.344 e. The summed E-state index contributed by atoms with van der Waals surface area (Å²) >= 11 is 6.82. The average Bonchev–Trinajstić information content (AvgIpc) is 2.58. The first-order valence-electron chi connectivity index (χ1n) is 10.8. The van der Waals surface area contributed by atoms with Crippen molar-refractivity contribution in [1.82, 2.24) is 6.15 Å². The van der Waals surface area contributed by atoms with E-state index in [1.807, 2.05) is 0 Å². The van der Waals surface area contributed by atoms with Gasteiger partial charge >= 0.3 is 0 Å². The van der Waals surface area contributed by atoms with Crippen molar-refractivity contribution in [2.45, 2.75) is 135 Å². The Bertz CT molecular complexity index is 238. The molecule has 0 spiro atoms. The maximum absolute atomic E-state index is 6.82. The summed E-state index contributed by atoms with van der Waals surface area (Å²) in [5.41, 5.74) is 0. The molecule has 0 saturated heterocycles. The zero-order valence-electron chi connectivity index (χ0n) is 17.5. The summed E-state index contributed by atoms with van der Waals surface area (Å²) < 4.78 is 0. The summed E-state index contributed by atoms with van der Waals surface area (Å²) in [5.74, 6) is 0.710. The van der Waals surface area contributed by atoms with Gasteiger partial charge in [0.25, 0.3) is 0 Å². The van der Waals surface area contributed by atoms with Crippen molar-refractivity contribution in [1.29, 1.82) is 0 Å². The minimum atomic E-state index is 0. The Hall–Kier alpha value is 0.250. The van der Waals surface area contributed by atoms with Crippen LogP contribution in [0.25, 0.3) is 0 Å². The first-order valence-corrected chi connectivity index (χ1v) is 11.2. The van der Waals surface area contributed by atoms with Crippen molar-refractivity contribution < 1.29 is 0 Å². The van der Waals surface area contributed by atoms with Gasteiger partial charge in [0.1, 0.15) is 0 Å². The van der Waals surface area contributed by atoms with Gasteiger partial charge < -0.3 is 6.15 Å². The SMILES string of the molecule is CCCCCCCCCCCCCCC(CC)C(Cl)(CC)CC.N. The normalized spacial score (nSPS) is 12.9. The number of alkyl halides is 1. The summed E-state index contributed by atoms with van der Waals surface area (Å²) in [6.07, 6.45) is 22.0. The van der Waals surface area contributed by atoms with E-state index in [1.54, 1.807) is 0 Å². The maximum atomic E-state index is 6.82. The molecule has 0 aliphatic rings. The van der Waals surface area contributed by atoms with Crippen molar-refractivity contribution in [3.05, 3.63) is 0 Å². The van der Waals surface area contributed by atoms with E-state index in [1.165, 1.54) is 89.9 Å². The summed E-state index contributed by atoms with van der Waals surface area (Å²) in [7, 11) is 0. The van der Waals surface area contributed by atoms with Crippen LogP contribution in [0.4, 0.5) is 0 Å². The van der Waals surface area contributed by atoms with E-state index in [-0.39, 0.29) is 11.0 Å². The predicted octanol–water partition coefficient (Wildman–Crippen LogP) is 9.06. The zero-order valence-corrected chi connectivity index (χ0v) is 18.2. The smallest absolute Gasteiger partial charge is 0.0469 e. The molecular formula is C22H48ClN. The fourth-order valence-corrected chi connectivity index (χ4v) is 4.15. The Morgan fingerprint density at radius 1 is 0.625 bits per heavy atom. The third-order valence-corrected chi connectivity index (χ3v) is 6.65. The van der Waals surface area contributed by atoms with Gasteiger partial charge in [0, 0.05) is 4.87 Å². The molecule has 3 N–H and O–H groups in total. The second-order valence-electron chi connectivity index (χ2n) is 7.52. The summed E-state index contributed by atoms with van der Waals surface area (Å²) in [5, 5.41) is 0. The Morgan fingerprint density at radius 3 is 1.33 bits per heavy atom. The molecule has 148 valence electrons. The molecule has 24 heavy (non-hydrogen) atoms. The Balaban J connectivity index is 0. The molecule has 0 fully saturated rings. The predicted molar refractivity (Wildman–Crippen MR) is 114 cm³/mol. The van der Waals surface area contributed by atoms with Crippen LogP contribution in [-0.4, -0.2) is 4.87 Å². The van der Waals surface area contributed by atoms with Crippen LogP contribution in [0.5, 0.6) is 0 Å². The van der Waals surface area contributed by atoms with Crippen molar-refractivity contribution in [3.8, 4) is 0 Å². The standard InChI is InChI=1S/C22H45Cl.H3N/c1-5-9-10-11-12-13-14-15-16-17-18-19-20-21(6-2)22(23,7-3)8-4;/h21H,5-20H2,1-4H3;1H3. The minimum absolute atomic E-state index is 0. The second-order valence-corrected chi connectivity index (χ2v) is 8.28. The van der Waals surface area contributed by atoms with Gasteiger partial charge in [0.15, 0.2) is 0 Å². The molecule has 0 aromatic rings. The Labute approximate surface area is 159 Å². The minimum Gasteiger partial charge on any atom is -0.344 e. The number of hydrogen-bond donors (Lipinski definition) is 1. The van der Waals surface area contributed by atoms with Crippen LogP contribution in [0.15, 0.2) is 0 Å². The molecular weight excluding hydrogens is 314 g/mol. The number of rotatable bonds is 17. The van der Waals surface area contributed by atoms with Crippen LogP contribution < -0.4 is 6.15 Å². The highest BCUT2D eigenvalue weighted by atomic mass is 35.5. The first-order chi connectivity index (χ1) is 11.1. The van der Waals surface area contributed by atoms with Crippen LogP contribution in [0.2, 0.25) is 0 Å². The van der Waals surface area contributed by atoms with Crippen molar-refractivity contribution in [3.63, 3.8) is 0 Å². The van der Waals surface area contributed by atoms with Crippen LogP contribution in [0.1, 0.15) is 130 Å². The van der Waals surface area contributed by atoms with Gasteiger partial charge in [0.2, 0.25) is 0 Å². The number of hydrogen-bond acceptors (Lipinski definition) is 1. The van der Waals surface area contributed by atoms with E-state index in [9.17, 15) is 0 Å². The highest BCUT2D eigenvalue weighted by molar-refractivity contribution is 6.24. The lowest BCUT2D eigenvalue weighted by Gasteiger charge is -2.33. The molecule has 0 amide bonds. The van der Waals surface area contributed by atoms with Crippen LogP contribution in [0.3, 0.4) is 0 Å². The molecule has 0 aromatic heterocycles. The zero-order chi connectivity index (χ0) is 17.4. The van der Waals surface area contributed by atoms with Gasteiger partial charge in [0.05, 0.1) is 0 Å². The molecule has 1 nitrogen and oxygen atoms in total. The van der Waals surface area contributed by atoms with Crippen LogP contribution in [0, 0.1) is 5.92 Å². The molecule has 0 rings (SSSR count). The topological polar surface area (TPSA) is 35.0 Å². The molecule has 2 heteroatoms. The van der Waals surface area contributed by atoms with Gasteiger partial charge in [-0.1, -0.05) is 111 Å². The Kier molecular flexibility index (Phi) is 19.9. The van der Waals surface area contributed by atoms with E-state index >= 15 is 0 Å². The second kappa shape index (κ2) is 18.1. The third-order valence-electron chi connectivity index (χ3n) is 5.81. The van der Waals surface area contributed by atoms with E-state index < -0.39 is 0 Å². The molecule has 0 aromatic carbocycles. The monoisotopic (exact) mass is 361 g/mol. The van der Waals surface area contributed by atoms with Crippen molar-refractivity contribution in [2.75, 3.05) is 0 Å². The lowest BCUT2D eigenvalue weighted by molar-refractivity contribution is 0.306. The van der Waals surface area contributed by atoms with Crippen LogP contribution >= 0.6 is 11.6 Å². The highest BCUT2D eigenvalue weighted by Crippen LogP contribution is 2.38. The average molecular weight is 362 g/mol. The highest BCUT2D eigenvalue weighted by Gasteiger charge is 2.31.